The lowest BCUT2D eigenvalue weighted by Crippen LogP contribution is -2.38. The molecular formula is C15H20BNO3. The first-order valence-corrected chi connectivity index (χ1v) is 7.02. The molecule has 1 aromatic rings. The Bertz CT molecular complexity index is 504. The Kier molecular flexibility index (Phi) is 4.96. The van der Waals surface area contributed by atoms with E-state index < -0.39 is 0 Å². The molecule has 0 spiro atoms. The van der Waals surface area contributed by atoms with Crippen molar-refractivity contribution in [2.75, 3.05) is 13.7 Å². The standard InChI is InChI=1S/C15H20BNO3/c1-11-13-5-3-4-12(6-7-15(19)20-2)14(13)8-9-17(11)16-10-18/h3-5,10-11,16H,6-9H2,1-2H3/t11-/m0/s1. The average molecular weight is 273 g/mol. The average Bonchev–Trinajstić information content (AvgIpc) is 2.48. The Morgan fingerprint density at radius 3 is 3.05 bits per heavy atom. The number of ether oxygens (including phenoxy) is 1. The van der Waals surface area contributed by atoms with E-state index in [1.165, 1.54) is 23.8 Å². The molecule has 1 atom stereocenters. The molecule has 1 heterocycles. The van der Waals surface area contributed by atoms with Gasteiger partial charge in [0, 0.05) is 12.5 Å². The van der Waals surface area contributed by atoms with Crippen LogP contribution in [0.25, 0.3) is 0 Å². The van der Waals surface area contributed by atoms with Crippen LogP contribution in [-0.2, 0) is 27.2 Å². The van der Waals surface area contributed by atoms with E-state index in [1.54, 1.807) is 0 Å². The minimum atomic E-state index is -0.172. The molecule has 0 unspecified atom stereocenters. The lowest BCUT2D eigenvalue weighted by molar-refractivity contribution is -0.140. The summed E-state index contributed by atoms with van der Waals surface area (Å²) in [6, 6.07) is 6.50. The summed E-state index contributed by atoms with van der Waals surface area (Å²) in [5, 5.41) is 0. The third kappa shape index (κ3) is 3.10. The number of rotatable bonds is 5. The molecular weight excluding hydrogens is 253 g/mol. The van der Waals surface area contributed by atoms with E-state index in [9.17, 15) is 9.59 Å². The van der Waals surface area contributed by atoms with Gasteiger partial charge in [-0.2, -0.15) is 0 Å². The predicted octanol–water partition coefficient (Wildman–Crippen LogP) is 1.25. The molecule has 0 saturated carbocycles. The van der Waals surface area contributed by atoms with E-state index in [-0.39, 0.29) is 12.0 Å². The highest BCUT2D eigenvalue weighted by Gasteiger charge is 2.25. The van der Waals surface area contributed by atoms with Crippen LogP contribution in [0.4, 0.5) is 0 Å². The fourth-order valence-corrected chi connectivity index (χ4v) is 2.91. The number of fused-ring (bicyclic) bond motifs is 1. The van der Waals surface area contributed by atoms with Gasteiger partial charge in [-0.3, -0.25) is 4.79 Å². The Morgan fingerprint density at radius 2 is 2.35 bits per heavy atom. The number of aryl methyl sites for hydroxylation is 1. The minimum absolute atomic E-state index is 0.172. The summed E-state index contributed by atoms with van der Waals surface area (Å²) >= 11 is 0. The van der Waals surface area contributed by atoms with E-state index in [0.29, 0.717) is 13.8 Å². The van der Waals surface area contributed by atoms with Gasteiger partial charge >= 0.3 is 5.97 Å². The number of hydrogen-bond donors (Lipinski definition) is 0. The Labute approximate surface area is 120 Å². The summed E-state index contributed by atoms with van der Waals surface area (Å²) in [5.41, 5.74) is 3.84. The van der Waals surface area contributed by atoms with Crippen LogP contribution < -0.4 is 0 Å². The Hall–Kier alpha value is -1.62. The maximum absolute atomic E-state index is 11.3. The van der Waals surface area contributed by atoms with Crippen molar-refractivity contribution in [2.45, 2.75) is 32.2 Å². The van der Waals surface area contributed by atoms with E-state index >= 15 is 0 Å². The first kappa shape index (κ1) is 14.8. The van der Waals surface area contributed by atoms with Crippen LogP contribution in [0.3, 0.4) is 0 Å². The van der Waals surface area contributed by atoms with Crippen LogP contribution in [0.1, 0.15) is 36.1 Å². The molecule has 0 radical (unpaired) electrons. The van der Waals surface area contributed by atoms with Crippen molar-refractivity contribution in [2.24, 2.45) is 0 Å². The molecule has 106 valence electrons. The Morgan fingerprint density at radius 1 is 1.55 bits per heavy atom. The molecule has 0 N–H and O–H groups in total. The van der Waals surface area contributed by atoms with Crippen molar-refractivity contribution in [3.63, 3.8) is 0 Å². The van der Waals surface area contributed by atoms with Gasteiger partial charge in [0.1, 0.15) is 0 Å². The number of hydrogen-bond acceptors (Lipinski definition) is 4. The number of nitrogens with zero attached hydrogens (tertiary/aromatic N) is 1. The lowest BCUT2D eigenvalue weighted by atomic mass is 9.82. The van der Waals surface area contributed by atoms with Crippen molar-refractivity contribution in [1.29, 1.82) is 0 Å². The summed E-state index contributed by atoms with van der Waals surface area (Å²) in [4.78, 5) is 24.2. The number of esters is 1. The quantitative estimate of drug-likeness (QED) is 0.460. The van der Waals surface area contributed by atoms with Gasteiger partial charge < -0.3 is 14.3 Å². The largest absolute Gasteiger partial charge is 0.469 e. The van der Waals surface area contributed by atoms with Crippen molar-refractivity contribution in [3.05, 3.63) is 34.9 Å². The second-order valence-electron chi connectivity index (χ2n) is 5.15. The van der Waals surface area contributed by atoms with E-state index in [1.807, 2.05) is 6.07 Å². The number of benzene rings is 1. The summed E-state index contributed by atoms with van der Waals surface area (Å²) < 4.78 is 4.70. The monoisotopic (exact) mass is 273 g/mol. The molecule has 0 aromatic heterocycles. The number of methoxy groups -OCH3 is 1. The van der Waals surface area contributed by atoms with Gasteiger partial charge in [-0.1, -0.05) is 18.2 Å². The zero-order valence-electron chi connectivity index (χ0n) is 12.1. The van der Waals surface area contributed by atoms with Crippen LogP contribution in [0.2, 0.25) is 0 Å². The van der Waals surface area contributed by atoms with E-state index in [4.69, 9.17) is 4.74 Å². The molecule has 1 aliphatic rings. The van der Waals surface area contributed by atoms with Gasteiger partial charge in [0.25, 0.3) is 7.41 Å². The normalized spacial score (nSPS) is 18.2. The third-order valence-corrected chi connectivity index (χ3v) is 4.09. The van der Waals surface area contributed by atoms with E-state index in [2.05, 4.69) is 23.9 Å². The fraction of sp³-hybridized carbons (Fsp3) is 0.467. The van der Waals surface area contributed by atoms with Gasteiger partial charge in [-0.25, -0.2) is 0 Å². The molecule has 1 aromatic carbocycles. The highest BCUT2D eigenvalue weighted by molar-refractivity contribution is 6.64. The molecule has 0 saturated heterocycles. The highest BCUT2D eigenvalue weighted by Crippen LogP contribution is 2.31. The molecule has 20 heavy (non-hydrogen) atoms. The smallest absolute Gasteiger partial charge is 0.305 e. The molecule has 2 rings (SSSR count). The van der Waals surface area contributed by atoms with Gasteiger partial charge in [0.05, 0.1) is 13.3 Å². The summed E-state index contributed by atoms with van der Waals surface area (Å²) in [7, 11) is 1.90. The molecule has 0 aliphatic carbocycles. The van der Waals surface area contributed by atoms with Gasteiger partial charge in [-0.05, 0) is 43.0 Å². The van der Waals surface area contributed by atoms with Crippen LogP contribution in [-0.4, -0.2) is 38.0 Å². The second kappa shape index (κ2) is 6.70. The zero-order chi connectivity index (χ0) is 14.5. The van der Waals surface area contributed by atoms with Crippen molar-refractivity contribution < 1.29 is 14.3 Å². The van der Waals surface area contributed by atoms with Crippen LogP contribution in [0.15, 0.2) is 18.2 Å². The van der Waals surface area contributed by atoms with Gasteiger partial charge in [0.2, 0.25) is 0 Å². The first-order valence-electron chi connectivity index (χ1n) is 7.02. The summed E-state index contributed by atoms with van der Waals surface area (Å²) in [6.07, 6.45) is 3.03. The predicted molar refractivity (Wildman–Crippen MR) is 79.5 cm³/mol. The van der Waals surface area contributed by atoms with Crippen LogP contribution in [0, 0.1) is 0 Å². The Balaban J connectivity index is 2.18. The SMILES string of the molecule is COC(=O)CCc1cccc2c1CCN(BC=O)[C@H]2C. The van der Waals surface area contributed by atoms with Crippen molar-refractivity contribution in [3.8, 4) is 0 Å². The number of carbonyl (C=O) groups is 2. The summed E-state index contributed by atoms with van der Waals surface area (Å²) in [5.74, 6) is -0.172. The summed E-state index contributed by atoms with van der Waals surface area (Å²) in [6.45, 7) is 3.02. The molecule has 5 heteroatoms. The van der Waals surface area contributed by atoms with Gasteiger partial charge in [-0.15, -0.1) is 0 Å². The first-order chi connectivity index (χ1) is 9.67. The number of carbonyl (C=O) groups excluding carboxylic acids is 2. The lowest BCUT2D eigenvalue weighted by Gasteiger charge is -2.35. The van der Waals surface area contributed by atoms with Crippen LogP contribution in [0.5, 0.6) is 0 Å². The maximum Gasteiger partial charge on any atom is 0.305 e. The highest BCUT2D eigenvalue weighted by atomic mass is 16.5. The molecule has 0 fully saturated rings. The zero-order valence-corrected chi connectivity index (χ0v) is 12.1. The van der Waals surface area contributed by atoms with E-state index in [0.717, 1.165) is 25.6 Å². The van der Waals surface area contributed by atoms with Gasteiger partial charge in [0.15, 0.2) is 0 Å². The topological polar surface area (TPSA) is 46.6 Å². The second-order valence-corrected chi connectivity index (χ2v) is 5.15. The molecule has 1 aliphatic heterocycles. The van der Waals surface area contributed by atoms with Crippen molar-refractivity contribution >= 4 is 19.6 Å². The fourth-order valence-electron chi connectivity index (χ4n) is 2.91. The minimum Gasteiger partial charge on any atom is -0.469 e. The molecule has 0 amide bonds. The van der Waals surface area contributed by atoms with Crippen molar-refractivity contribution in [1.82, 2.24) is 4.81 Å². The third-order valence-electron chi connectivity index (χ3n) is 4.09. The maximum atomic E-state index is 11.3. The molecule has 0 bridgehead atoms. The molecule has 4 nitrogen and oxygen atoms in total. The van der Waals surface area contributed by atoms with Crippen LogP contribution >= 0.6 is 0 Å².